The summed E-state index contributed by atoms with van der Waals surface area (Å²) in [6.45, 7) is 4.32. The van der Waals surface area contributed by atoms with Gasteiger partial charge < -0.3 is 15.3 Å². The third-order valence-corrected chi connectivity index (χ3v) is 4.53. The number of amides is 4. The number of nitrogens with zero attached hydrogens (tertiary/aromatic N) is 2. The minimum atomic E-state index is -1.26. The van der Waals surface area contributed by atoms with E-state index in [2.05, 4.69) is 5.32 Å². The van der Waals surface area contributed by atoms with E-state index in [0.29, 0.717) is 5.56 Å². The van der Waals surface area contributed by atoms with Crippen LogP contribution in [-0.2, 0) is 19.9 Å². The molecule has 1 saturated heterocycles. The van der Waals surface area contributed by atoms with E-state index in [1.165, 1.54) is 14.0 Å². The first-order valence-corrected chi connectivity index (χ1v) is 7.77. The van der Waals surface area contributed by atoms with Gasteiger partial charge in [-0.3, -0.25) is 14.5 Å². The summed E-state index contributed by atoms with van der Waals surface area (Å²) >= 11 is 0. The maximum absolute atomic E-state index is 12.7. The number of hydrogen-bond acceptors (Lipinski definition) is 4. The highest BCUT2D eigenvalue weighted by Crippen LogP contribution is 2.29. The Morgan fingerprint density at radius 1 is 1.28 bits per heavy atom. The predicted molar refractivity (Wildman–Crippen MR) is 88.6 cm³/mol. The number of hydrogen-bond donors (Lipinski definition) is 2. The minimum absolute atomic E-state index is 0.514. The number of aliphatic carboxylic acids is 1. The van der Waals surface area contributed by atoms with Crippen LogP contribution in [0.3, 0.4) is 0 Å². The molecule has 8 nitrogen and oxygen atoms in total. The number of carboxylic acids is 1. The topological polar surface area (TPSA) is 107 Å². The van der Waals surface area contributed by atoms with Gasteiger partial charge in [0.1, 0.15) is 18.1 Å². The number of carbonyl (C=O) groups is 4. The lowest BCUT2D eigenvalue weighted by molar-refractivity contribution is -0.149. The third-order valence-electron chi connectivity index (χ3n) is 4.53. The Balaban J connectivity index is 2.20. The number of urea groups is 1. The number of carboxylic acid groups (broad SMARTS) is 1. The van der Waals surface area contributed by atoms with E-state index in [0.717, 1.165) is 15.4 Å². The normalized spacial score (nSPS) is 21.0. The van der Waals surface area contributed by atoms with Gasteiger partial charge in [0.2, 0.25) is 5.91 Å². The molecule has 1 aliphatic heterocycles. The highest BCUT2D eigenvalue weighted by molar-refractivity contribution is 6.09. The molecule has 1 aromatic carbocycles. The number of aryl methyl sites for hydroxylation is 1. The molecule has 0 aliphatic carbocycles. The van der Waals surface area contributed by atoms with Gasteiger partial charge in [0.25, 0.3) is 5.91 Å². The first kappa shape index (κ1) is 18.4. The van der Waals surface area contributed by atoms with Gasteiger partial charge in [-0.1, -0.05) is 29.8 Å². The summed E-state index contributed by atoms with van der Waals surface area (Å²) in [7, 11) is 1.32. The summed E-state index contributed by atoms with van der Waals surface area (Å²) in [6.07, 6.45) is 0. The quantitative estimate of drug-likeness (QED) is 0.762. The number of nitrogens with one attached hydrogen (secondary N) is 1. The summed E-state index contributed by atoms with van der Waals surface area (Å²) in [5.74, 6) is -2.35. The first-order valence-electron chi connectivity index (χ1n) is 7.77. The summed E-state index contributed by atoms with van der Waals surface area (Å²) in [4.78, 5) is 49.9. The zero-order valence-electron chi connectivity index (χ0n) is 14.6. The molecule has 2 unspecified atom stereocenters. The zero-order chi connectivity index (χ0) is 18.9. The van der Waals surface area contributed by atoms with Crippen LogP contribution in [0.5, 0.6) is 0 Å². The highest BCUT2D eigenvalue weighted by atomic mass is 16.4. The van der Waals surface area contributed by atoms with E-state index in [1.54, 1.807) is 19.1 Å². The van der Waals surface area contributed by atoms with Gasteiger partial charge in [-0.25, -0.2) is 9.59 Å². The van der Waals surface area contributed by atoms with Crippen molar-refractivity contribution in [2.45, 2.75) is 32.4 Å². The van der Waals surface area contributed by atoms with Crippen LogP contribution in [0.15, 0.2) is 24.3 Å². The number of imide groups is 1. The Bertz CT molecular complexity index is 730. The van der Waals surface area contributed by atoms with Crippen LogP contribution < -0.4 is 5.32 Å². The predicted octanol–water partition coefficient (Wildman–Crippen LogP) is 0.694. The molecular weight excluding hydrogens is 326 g/mol. The van der Waals surface area contributed by atoms with Crippen molar-refractivity contribution >= 4 is 23.8 Å². The van der Waals surface area contributed by atoms with Crippen molar-refractivity contribution < 1.29 is 24.3 Å². The van der Waals surface area contributed by atoms with Crippen LogP contribution in [0.25, 0.3) is 0 Å². The van der Waals surface area contributed by atoms with Crippen molar-refractivity contribution in [3.8, 4) is 0 Å². The highest BCUT2D eigenvalue weighted by Gasteiger charge is 2.49. The van der Waals surface area contributed by atoms with Crippen molar-refractivity contribution in [1.29, 1.82) is 0 Å². The summed E-state index contributed by atoms with van der Waals surface area (Å²) < 4.78 is 0. The van der Waals surface area contributed by atoms with Crippen LogP contribution in [-0.4, -0.2) is 58.4 Å². The lowest BCUT2D eigenvalue weighted by Crippen LogP contribution is -2.47. The van der Waals surface area contributed by atoms with E-state index in [-0.39, 0.29) is 0 Å². The molecule has 134 valence electrons. The molecule has 1 fully saturated rings. The van der Waals surface area contributed by atoms with E-state index >= 15 is 0 Å². The Hall–Kier alpha value is -2.90. The fourth-order valence-corrected chi connectivity index (χ4v) is 2.55. The van der Waals surface area contributed by atoms with Crippen molar-refractivity contribution in [3.63, 3.8) is 0 Å². The lowest BCUT2D eigenvalue weighted by Gasteiger charge is -2.25. The molecule has 0 bridgehead atoms. The van der Waals surface area contributed by atoms with Crippen LogP contribution in [0.4, 0.5) is 4.79 Å². The smallest absolute Gasteiger partial charge is 0.326 e. The van der Waals surface area contributed by atoms with Gasteiger partial charge in [0, 0.05) is 7.05 Å². The monoisotopic (exact) mass is 347 g/mol. The van der Waals surface area contributed by atoms with E-state index in [1.807, 2.05) is 19.1 Å². The van der Waals surface area contributed by atoms with Crippen LogP contribution in [0, 0.1) is 6.92 Å². The molecule has 0 spiro atoms. The van der Waals surface area contributed by atoms with Crippen LogP contribution in [0.1, 0.15) is 25.0 Å². The standard InChI is InChI=1S/C17H21N3O5/c1-10-5-7-12(8-6-10)17(3)15(24)20(16(25)18-17)9-13(21)19(4)11(2)14(22)23/h5-8,11H,9H2,1-4H3,(H,18,25)(H,22,23). The second-order valence-electron chi connectivity index (χ2n) is 6.33. The van der Waals surface area contributed by atoms with Crippen molar-refractivity contribution in [3.05, 3.63) is 35.4 Å². The fourth-order valence-electron chi connectivity index (χ4n) is 2.55. The molecule has 2 atom stereocenters. The van der Waals surface area contributed by atoms with Gasteiger partial charge in [-0.05, 0) is 26.3 Å². The number of rotatable bonds is 5. The molecule has 1 aromatic rings. The number of carbonyl (C=O) groups excluding carboxylic acids is 3. The zero-order valence-corrected chi connectivity index (χ0v) is 14.6. The molecule has 2 rings (SSSR count). The fraction of sp³-hybridized carbons (Fsp3) is 0.412. The average molecular weight is 347 g/mol. The molecular formula is C17H21N3O5. The van der Waals surface area contributed by atoms with Crippen molar-refractivity contribution in [2.75, 3.05) is 13.6 Å². The molecule has 4 amide bonds. The van der Waals surface area contributed by atoms with Gasteiger partial charge in [-0.2, -0.15) is 0 Å². The van der Waals surface area contributed by atoms with E-state index in [4.69, 9.17) is 5.11 Å². The largest absolute Gasteiger partial charge is 0.480 e. The summed E-state index contributed by atoms with van der Waals surface area (Å²) in [6, 6.07) is 5.41. The lowest BCUT2D eigenvalue weighted by atomic mass is 9.91. The Kier molecular flexibility index (Phi) is 4.82. The molecule has 8 heteroatoms. The van der Waals surface area contributed by atoms with Crippen molar-refractivity contribution in [1.82, 2.24) is 15.1 Å². The Labute approximate surface area is 145 Å². The van der Waals surface area contributed by atoms with Gasteiger partial charge in [-0.15, -0.1) is 0 Å². The van der Waals surface area contributed by atoms with Crippen LogP contribution in [0.2, 0.25) is 0 Å². The Morgan fingerprint density at radius 3 is 2.36 bits per heavy atom. The molecule has 2 N–H and O–H groups in total. The van der Waals surface area contributed by atoms with E-state index in [9.17, 15) is 19.2 Å². The van der Waals surface area contributed by atoms with E-state index < -0.39 is 41.9 Å². The SMILES string of the molecule is Cc1ccc(C2(C)NC(=O)N(CC(=O)N(C)C(C)C(=O)O)C2=O)cc1. The molecule has 1 heterocycles. The Morgan fingerprint density at radius 2 is 1.84 bits per heavy atom. The maximum atomic E-state index is 12.7. The minimum Gasteiger partial charge on any atom is -0.480 e. The molecule has 0 radical (unpaired) electrons. The third kappa shape index (κ3) is 3.33. The maximum Gasteiger partial charge on any atom is 0.326 e. The number of likely N-dealkylation sites (N-methyl/N-ethyl adjacent to an activating group) is 1. The summed E-state index contributed by atoms with van der Waals surface area (Å²) in [5.41, 5.74) is 0.362. The molecule has 0 saturated carbocycles. The molecule has 25 heavy (non-hydrogen) atoms. The molecule has 1 aliphatic rings. The average Bonchev–Trinajstić information content (AvgIpc) is 2.78. The summed E-state index contributed by atoms with van der Waals surface area (Å²) in [5, 5.41) is 11.6. The van der Waals surface area contributed by atoms with Gasteiger partial charge >= 0.3 is 12.0 Å². The van der Waals surface area contributed by atoms with Crippen LogP contribution >= 0.6 is 0 Å². The van der Waals surface area contributed by atoms with Gasteiger partial charge in [0.15, 0.2) is 0 Å². The number of benzene rings is 1. The first-order chi connectivity index (χ1) is 11.6. The second kappa shape index (κ2) is 6.54. The second-order valence-corrected chi connectivity index (χ2v) is 6.33. The van der Waals surface area contributed by atoms with Gasteiger partial charge in [0.05, 0.1) is 0 Å². The molecule has 0 aromatic heterocycles. The van der Waals surface area contributed by atoms with Crippen molar-refractivity contribution in [2.24, 2.45) is 0 Å².